The van der Waals surface area contributed by atoms with Crippen molar-refractivity contribution >= 4 is 0 Å². The van der Waals surface area contributed by atoms with E-state index in [2.05, 4.69) is 62.9 Å². The Morgan fingerprint density at radius 1 is 1.16 bits per heavy atom. The lowest BCUT2D eigenvalue weighted by molar-refractivity contribution is 0.185. The summed E-state index contributed by atoms with van der Waals surface area (Å²) in [4.78, 5) is 6.72. The first-order valence-electron chi connectivity index (χ1n) is 7.01. The molecule has 0 atom stereocenters. The fourth-order valence-corrected chi connectivity index (χ4v) is 2.12. The van der Waals surface area contributed by atoms with Crippen LogP contribution in [0.25, 0.3) is 0 Å². The molecule has 0 saturated carbocycles. The van der Waals surface area contributed by atoms with Gasteiger partial charge in [-0.15, -0.1) is 0 Å². The molecule has 0 amide bonds. The van der Waals surface area contributed by atoms with Crippen LogP contribution in [-0.4, -0.2) is 35.6 Å². The zero-order valence-electron chi connectivity index (χ0n) is 13.3. The number of hydrogen-bond acceptors (Lipinski definition) is 3. The third kappa shape index (κ3) is 7.28. The van der Waals surface area contributed by atoms with Crippen molar-refractivity contribution in [3.05, 3.63) is 30.1 Å². The Kier molecular flexibility index (Phi) is 5.50. The molecule has 1 rings (SSSR count). The fourth-order valence-electron chi connectivity index (χ4n) is 2.12. The lowest BCUT2D eigenvalue weighted by Gasteiger charge is -2.33. The average molecular weight is 263 g/mol. The van der Waals surface area contributed by atoms with Crippen LogP contribution in [0.15, 0.2) is 24.4 Å². The molecule has 0 spiro atoms. The van der Waals surface area contributed by atoms with Crippen LogP contribution in [0, 0.1) is 5.41 Å². The van der Waals surface area contributed by atoms with Crippen LogP contribution in [0.1, 0.15) is 40.3 Å². The summed E-state index contributed by atoms with van der Waals surface area (Å²) in [5.74, 6) is 0. The Morgan fingerprint density at radius 3 is 2.37 bits per heavy atom. The van der Waals surface area contributed by atoms with Crippen LogP contribution in [0.4, 0.5) is 0 Å². The molecular weight excluding hydrogens is 234 g/mol. The van der Waals surface area contributed by atoms with Crippen LogP contribution < -0.4 is 5.32 Å². The second-order valence-corrected chi connectivity index (χ2v) is 7.26. The highest BCUT2D eigenvalue weighted by Gasteiger charge is 2.22. The highest BCUT2D eigenvalue weighted by atomic mass is 15.1. The first kappa shape index (κ1) is 16.1. The van der Waals surface area contributed by atoms with Gasteiger partial charge in [-0.05, 0) is 45.4 Å². The van der Waals surface area contributed by atoms with E-state index in [9.17, 15) is 0 Å². The van der Waals surface area contributed by atoms with Crippen molar-refractivity contribution in [2.24, 2.45) is 5.41 Å². The van der Waals surface area contributed by atoms with Crippen molar-refractivity contribution in [3.8, 4) is 0 Å². The van der Waals surface area contributed by atoms with Gasteiger partial charge in [0.15, 0.2) is 0 Å². The largest absolute Gasteiger partial charge is 0.311 e. The lowest BCUT2D eigenvalue weighted by atomic mass is 9.91. The monoisotopic (exact) mass is 263 g/mol. The Labute approximate surface area is 118 Å². The molecule has 0 aliphatic carbocycles. The van der Waals surface area contributed by atoms with E-state index in [1.165, 1.54) is 0 Å². The van der Waals surface area contributed by atoms with Gasteiger partial charge < -0.3 is 5.32 Å². The number of nitrogens with zero attached hydrogens (tertiary/aromatic N) is 2. The quantitative estimate of drug-likeness (QED) is 0.855. The van der Waals surface area contributed by atoms with Crippen LogP contribution >= 0.6 is 0 Å². The minimum absolute atomic E-state index is 0.177. The third-order valence-corrected chi connectivity index (χ3v) is 2.95. The zero-order valence-corrected chi connectivity index (χ0v) is 13.3. The van der Waals surface area contributed by atoms with Crippen molar-refractivity contribution in [1.29, 1.82) is 0 Å². The third-order valence-electron chi connectivity index (χ3n) is 2.95. The molecule has 0 aliphatic rings. The van der Waals surface area contributed by atoms with Gasteiger partial charge in [-0.1, -0.05) is 19.9 Å². The van der Waals surface area contributed by atoms with Crippen molar-refractivity contribution in [3.63, 3.8) is 0 Å². The SMILES string of the molecule is CN(Cc1ccccn1)CC(C)(C)CNC(C)(C)C. The summed E-state index contributed by atoms with van der Waals surface area (Å²) < 4.78 is 0. The summed E-state index contributed by atoms with van der Waals surface area (Å²) in [7, 11) is 2.16. The van der Waals surface area contributed by atoms with Gasteiger partial charge in [0.05, 0.1) is 5.69 Å². The minimum atomic E-state index is 0.177. The molecular formula is C16H29N3. The Morgan fingerprint density at radius 2 is 1.84 bits per heavy atom. The van der Waals surface area contributed by atoms with Gasteiger partial charge in [0.1, 0.15) is 0 Å². The lowest BCUT2D eigenvalue weighted by Crippen LogP contribution is -2.45. The van der Waals surface area contributed by atoms with Crippen LogP contribution in [0.2, 0.25) is 0 Å². The van der Waals surface area contributed by atoms with Crippen molar-refractivity contribution in [1.82, 2.24) is 15.2 Å². The Balaban J connectivity index is 2.44. The predicted molar refractivity (Wildman–Crippen MR) is 82.1 cm³/mol. The van der Waals surface area contributed by atoms with Gasteiger partial charge in [0, 0.05) is 31.4 Å². The summed E-state index contributed by atoms with van der Waals surface area (Å²) in [6.45, 7) is 14.2. The van der Waals surface area contributed by atoms with Gasteiger partial charge >= 0.3 is 0 Å². The maximum Gasteiger partial charge on any atom is 0.0543 e. The van der Waals surface area contributed by atoms with Gasteiger partial charge in [-0.3, -0.25) is 9.88 Å². The van der Waals surface area contributed by atoms with E-state index in [1.807, 2.05) is 18.3 Å². The molecule has 0 radical (unpaired) electrons. The maximum atomic E-state index is 4.38. The van der Waals surface area contributed by atoms with Gasteiger partial charge in [0.2, 0.25) is 0 Å². The van der Waals surface area contributed by atoms with E-state index >= 15 is 0 Å². The summed E-state index contributed by atoms with van der Waals surface area (Å²) in [5, 5.41) is 3.59. The molecule has 3 nitrogen and oxygen atoms in total. The average Bonchev–Trinajstić information content (AvgIpc) is 2.26. The van der Waals surface area contributed by atoms with Crippen LogP contribution in [0.3, 0.4) is 0 Å². The van der Waals surface area contributed by atoms with E-state index < -0.39 is 0 Å². The van der Waals surface area contributed by atoms with Crippen molar-refractivity contribution < 1.29 is 0 Å². The van der Waals surface area contributed by atoms with E-state index in [-0.39, 0.29) is 11.0 Å². The molecule has 3 heteroatoms. The van der Waals surface area contributed by atoms with E-state index in [4.69, 9.17) is 0 Å². The standard InChI is InChI=1S/C16H29N3/c1-15(2,3)18-12-16(4,5)13-19(6)11-14-9-7-8-10-17-14/h7-10,18H,11-13H2,1-6H3. The first-order chi connectivity index (χ1) is 8.68. The van der Waals surface area contributed by atoms with E-state index in [1.54, 1.807) is 0 Å². The number of aromatic nitrogens is 1. The number of hydrogen-bond donors (Lipinski definition) is 1. The summed E-state index contributed by atoms with van der Waals surface area (Å²) in [6, 6.07) is 6.08. The fraction of sp³-hybridized carbons (Fsp3) is 0.688. The zero-order chi connectivity index (χ0) is 14.5. The molecule has 1 aromatic rings. The van der Waals surface area contributed by atoms with Crippen molar-refractivity contribution in [2.45, 2.75) is 46.7 Å². The minimum Gasteiger partial charge on any atom is -0.311 e. The van der Waals surface area contributed by atoms with Gasteiger partial charge in [-0.2, -0.15) is 0 Å². The normalized spacial score (nSPS) is 13.0. The number of pyridine rings is 1. The molecule has 0 bridgehead atoms. The molecule has 0 unspecified atom stereocenters. The highest BCUT2D eigenvalue weighted by Crippen LogP contribution is 2.17. The predicted octanol–water partition coefficient (Wildman–Crippen LogP) is 2.93. The maximum absolute atomic E-state index is 4.38. The number of nitrogens with one attached hydrogen (secondary N) is 1. The van der Waals surface area contributed by atoms with Crippen LogP contribution in [0.5, 0.6) is 0 Å². The Bertz CT molecular complexity index is 365. The topological polar surface area (TPSA) is 28.2 Å². The van der Waals surface area contributed by atoms with Gasteiger partial charge in [0.25, 0.3) is 0 Å². The molecule has 1 N–H and O–H groups in total. The van der Waals surface area contributed by atoms with Gasteiger partial charge in [-0.25, -0.2) is 0 Å². The molecule has 0 fully saturated rings. The molecule has 0 aliphatic heterocycles. The second-order valence-electron chi connectivity index (χ2n) is 7.26. The van der Waals surface area contributed by atoms with E-state index in [0.717, 1.165) is 25.3 Å². The van der Waals surface area contributed by atoms with Crippen LogP contribution in [-0.2, 0) is 6.54 Å². The molecule has 0 aromatic carbocycles. The Hall–Kier alpha value is -0.930. The molecule has 1 heterocycles. The molecule has 1 aromatic heterocycles. The first-order valence-corrected chi connectivity index (χ1v) is 7.01. The molecule has 19 heavy (non-hydrogen) atoms. The highest BCUT2D eigenvalue weighted by molar-refractivity contribution is 5.03. The van der Waals surface area contributed by atoms with Crippen molar-refractivity contribution in [2.75, 3.05) is 20.1 Å². The smallest absolute Gasteiger partial charge is 0.0543 e. The van der Waals surface area contributed by atoms with E-state index in [0.29, 0.717) is 0 Å². The summed E-state index contributed by atoms with van der Waals surface area (Å²) >= 11 is 0. The summed E-state index contributed by atoms with van der Waals surface area (Å²) in [5.41, 5.74) is 1.55. The molecule has 108 valence electrons. The number of rotatable bonds is 6. The molecule has 0 saturated heterocycles. The summed E-state index contributed by atoms with van der Waals surface area (Å²) in [6.07, 6.45) is 1.86. The second kappa shape index (κ2) is 6.49.